The molecule has 7 heteroatoms. The van der Waals surface area contributed by atoms with Gasteiger partial charge in [0.05, 0.1) is 6.26 Å². The van der Waals surface area contributed by atoms with Crippen LogP contribution >= 0.6 is 0 Å². The minimum atomic E-state index is -3.24. The van der Waals surface area contributed by atoms with Gasteiger partial charge in [0.1, 0.15) is 0 Å². The summed E-state index contributed by atoms with van der Waals surface area (Å²) in [5.41, 5.74) is 0.855. The molecule has 1 aromatic heterocycles. The van der Waals surface area contributed by atoms with Gasteiger partial charge in [0.2, 0.25) is 15.9 Å². The van der Waals surface area contributed by atoms with Gasteiger partial charge in [-0.3, -0.25) is 9.78 Å². The van der Waals surface area contributed by atoms with Gasteiger partial charge in [-0.15, -0.1) is 0 Å². The van der Waals surface area contributed by atoms with Crippen LogP contribution in [-0.4, -0.2) is 49.6 Å². The van der Waals surface area contributed by atoms with Gasteiger partial charge >= 0.3 is 0 Å². The summed E-state index contributed by atoms with van der Waals surface area (Å²) in [7, 11) is -3.24. The molecule has 0 saturated carbocycles. The van der Waals surface area contributed by atoms with Crippen molar-refractivity contribution in [1.29, 1.82) is 0 Å². The van der Waals surface area contributed by atoms with Gasteiger partial charge in [-0.2, -0.15) is 0 Å². The Balaban J connectivity index is 1.94. The molecule has 1 aliphatic heterocycles. The van der Waals surface area contributed by atoms with Crippen LogP contribution in [0.3, 0.4) is 0 Å². The molecule has 0 spiro atoms. The van der Waals surface area contributed by atoms with E-state index in [2.05, 4.69) is 9.71 Å². The summed E-state index contributed by atoms with van der Waals surface area (Å²) in [6, 6.07) is 3.46. The van der Waals surface area contributed by atoms with Gasteiger partial charge in [0.25, 0.3) is 0 Å². The highest BCUT2D eigenvalue weighted by Gasteiger charge is 2.24. The second-order valence-corrected chi connectivity index (χ2v) is 6.91. The van der Waals surface area contributed by atoms with Crippen LogP contribution in [-0.2, 0) is 14.8 Å². The summed E-state index contributed by atoms with van der Waals surface area (Å²) in [4.78, 5) is 17.8. The quantitative estimate of drug-likeness (QED) is 0.828. The summed E-state index contributed by atoms with van der Waals surface area (Å²) in [6.45, 7) is 1.06. The highest BCUT2D eigenvalue weighted by atomic mass is 32.2. The van der Waals surface area contributed by atoms with Crippen LogP contribution in [0, 0.1) is 0 Å². The van der Waals surface area contributed by atoms with Gasteiger partial charge in [-0.05, 0) is 30.5 Å². The Hall–Kier alpha value is -1.73. The number of nitrogens with one attached hydrogen (secondary N) is 1. The molecule has 1 atom stereocenters. The number of pyridine rings is 1. The van der Waals surface area contributed by atoms with E-state index in [-0.39, 0.29) is 11.9 Å². The Morgan fingerprint density at radius 2 is 2.33 bits per heavy atom. The third-order valence-electron chi connectivity index (χ3n) is 3.22. The molecular formula is C14H19N3O3S. The average Bonchev–Trinajstić information content (AvgIpc) is 2.44. The molecule has 6 nitrogen and oxygen atoms in total. The van der Waals surface area contributed by atoms with Crippen molar-refractivity contribution < 1.29 is 13.2 Å². The van der Waals surface area contributed by atoms with Crippen LogP contribution in [0.2, 0.25) is 0 Å². The molecule has 114 valence electrons. The fourth-order valence-corrected chi connectivity index (χ4v) is 3.12. The van der Waals surface area contributed by atoms with E-state index in [1.165, 1.54) is 6.08 Å². The number of carbonyl (C=O) groups excluding carboxylic acids is 1. The van der Waals surface area contributed by atoms with Crippen LogP contribution < -0.4 is 4.72 Å². The standard InChI is InChI=1S/C14H19N3O3S/c1-21(19,20)16-13-5-3-9-17(11-13)14(18)7-6-12-4-2-8-15-10-12/h2,4,6-8,10,13,16H,3,5,9,11H2,1H3/b7-6-/t13-/m0/s1. The first kappa shape index (κ1) is 15.7. The molecule has 1 saturated heterocycles. The maximum atomic E-state index is 12.1. The Kier molecular flexibility index (Phi) is 5.08. The maximum absolute atomic E-state index is 12.1. The molecular weight excluding hydrogens is 290 g/mol. The van der Waals surface area contributed by atoms with Crippen molar-refractivity contribution in [2.45, 2.75) is 18.9 Å². The highest BCUT2D eigenvalue weighted by molar-refractivity contribution is 7.88. The number of hydrogen-bond donors (Lipinski definition) is 1. The smallest absolute Gasteiger partial charge is 0.246 e. The van der Waals surface area contributed by atoms with Gasteiger partial charge < -0.3 is 4.90 Å². The molecule has 2 heterocycles. The van der Waals surface area contributed by atoms with Crippen molar-refractivity contribution >= 4 is 22.0 Å². The fourth-order valence-electron chi connectivity index (χ4n) is 2.32. The predicted octanol–water partition coefficient (Wildman–Crippen LogP) is 0.635. The first-order valence-electron chi connectivity index (χ1n) is 6.78. The molecule has 0 aromatic carbocycles. The van der Waals surface area contributed by atoms with Crippen molar-refractivity contribution in [3.8, 4) is 0 Å². The average molecular weight is 309 g/mol. The molecule has 21 heavy (non-hydrogen) atoms. The fraction of sp³-hybridized carbons (Fsp3) is 0.429. The molecule has 1 amide bonds. The number of amides is 1. The second-order valence-electron chi connectivity index (χ2n) is 5.13. The molecule has 0 radical (unpaired) electrons. The normalized spacial score (nSPS) is 19.9. The molecule has 1 aliphatic rings. The molecule has 0 bridgehead atoms. The van der Waals surface area contributed by atoms with Crippen molar-refractivity contribution in [2.24, 2.45) is 0 Å². The summed E-state index contributed by atoms with van der Waals surface area (Å²) in [5, 5.41) is 0. The monoisotopic (exact) mass is 309 g/mol. The second kappa shape index (κ2) is 6.82. The predicted molar refractivity (Wildman–Crippen MR) is 80.9 cm³/mol. The Morgan fingerprint density at radius 1 is 1.52 bits per heavy atom. The lowest BCUT2D eigenvalue weighted by atomic mass is 10.1. The van der Waals surface area contributed by atoms with E-state index in [4.69, 9.17) is 0 Å². The van der Waals surface area contributed by atoms with E-state index in [1.807, 2.05) is 6.07 Å². The van der Waals surface area contributed by atoms with E-state index < -0.39 is 10.0 Å². The zero-order valence-corrected chi connectivity index (χ0v) is 12.7. The highest BCUT2D eigenvalue weighted by Crippen LogP contribution is 2.12. The molecule has 1 N–H and O–H groups in total. The van der Waals surface area contributed by atoms with Crippen LogP contribution in [0.5, 0.6) is 0 Å². The minimum Gasteiger partial charge on any atom is -0.338 e. The first-order valence-corrected chi connectivity index (χ1v) is 8.67. The van der Waals surface area contributed by atoms with E-state index in [1.54, 1.807) is 29.4 Å². The molecule has 1 aromatic rings. The summed E-state index contributed by atoms with van der Waals surface area (Å²) in [6.07, 6.45) is 9.24. The molecule has 0 aliphatic carbocycles. The van der Waals surface area contributed by atoms with Gasteiger partial charge in [0.15, 0.2) is 0 Å². The van der Waals surface area contributed by atoms with Crippen molar-refractivity contribution in [3.05, 3.63) is 36.2 Å². The largest absolute Gasteiger partial charge is 0.338 e. The van der Waals surface area contributed by atoms with Crippen LogP contribution in [0.4, 0.5) is 0 Å². The van der Waals surface area contributed by atoms with E-state index in [0.29, 0.717) is 13.1 Å². The first-order chi connectivity index (χ1) is 9.94. The van der Waals surface area contributed by atoms with Crippen LogP contribution in [0.1, 0.15) is 18.4 Å². The number of piperidine rings is 1. The lowest BCUT2D eigenvalue weighted by Gasteiger charge is -2.32. The van der Waals surface area contributed by atoms with Crippen molar-refractivity contribution in [2.75, 3.05) is 19.3 Å². The zero-order chi connectivity index (χ0) is 15.3. The molecule has 1 fully saturated rings. The maximum Gasteiger partial charge on any atom is 0.246 e. The Morgan fingerprint density at radius 3 is 3.00 bits per heavy atom. The van der Waals surface area contributed by atoms with Gasteiger partial charge in [0, 0.05) is 37.6 Å². The SMILES string of the molecule is CS(=O)(=O)N[C@H]1CCCN(C(=O)/C=C\c2cccnc2)C1. The van der Waals surface area contributed by atoms with E-state index in [9.17, 15) is 13.2 Å². The number of likely N-dealkylation sites (tertiary alicyclic amines) is 1. The number of nitrogens with zero attached hydrogens (tertiary/aromatic N) is 2. The lowest BCUT2D eigenvalue weighted by Crippen LogP contribution is -2.48. The van der Waals surface area contributed by atoms with Gasteiger partial charge in [-0.1, -0.05) is 6.07 Å². The Bertz CT molecular complexity index is 614. The van der Waals surface area contributed by atoms with Gasteiger partial charge in [-0.25, -0.2) is 13.1 Å². The van der Waals surface area contributed by atoms with Crippen LogP contribution in [0.25, 0.3) is 6.08 Å². The topological polar surface area (TPSA) is 79.4 Å². The summed E-state index contributed by atoms with van der Waals surface area (Å²) in [5.74, 6) is -0.112. The third kappa shape index (κ3) is 5.28. The van der Waals surface area contributed by atoms with E-state index in [0.717, 1.165) is 24.7 Å². The lowest BCUT2D eigenvalue weighted by molar-refractivity contribution is -0.127. The molecule has 2 rings (SSSR count). The molecule has 0 unspecified atom stereocenters. The zero-order valence-electron chi connectivity index (χ0n) is 11.9. The number of carbonyl (C=O) groups is 1. The Labute approximate surface area is 124 Å². The van der Waals surface area contributed by atoms with Crippen molar-refractivity contribution in [3.63, 3.8) is 0 Å². The number of sulfonamides is 1. The number of rotatable bonds is 4. The third-order valence-corrected chi connectivity index (χ3v) is 3.98. The van der Waals surface area contributed by atoms with E-state index >= 15 is 0 Å². The van der Waals surface area contributed by atoms with Crippen LogP contribution in [0.15, 0.2) is 30.6 Å². The summed E-state index contributed by atoms with van der Waals surface area (Å²) < 4.78 is 25.1. The summed E-state index contributed by atoms with van der Waals surface area (Å²) >= 11 is 0. The number of aromatic nitrogens is 1. The minimum absolute atomic E-state index is 0.112. The van der Waals surface area contributed by atoms with Crippen molar-refractivity contribution in [1.82, 2.24) is 14.6 Å². The number of hydrogen-bond acceptors (Lipinski definition) is 4.